The molecule has 1 aromatic rings. The molecule has 1 aromatic carbocycles. The Kier molecular flexibility index (Phi) is 4.83. The minimum absolute atomic E-state index is 0.151. The molecule has 0 spiro atoms. The van der Waals surface area contributed by atoms with Gasteiger partial charge in [-0.05, 0) is 49.9 Å². The number of nitrogens with zero attached hydrogens (tertiary/aromatic N) is 2. The zero-order valence-corrected chi connectivity index (χ0v) is 14.4. The van der Waals surface area contributed by atoms with Crippen molar-refractivity contribution in [1.82, 2.24) is 10.3 Å². The third-order valence-electron chi connectivity index (χ3n) is 5.97. The molecule has 3 nitrogen and oxygen atoms in total. The Morgan fingerprint density at radius 2 is 1.79 bits per heavy atom. The SMILES string of the molecule is Fc1ccc(C2CC3CCNCCC3=NN2C2CCCCC2)cc1. The van der Waals surface area contributed by atoms with Gasteiger partial charge in [0, 0.05) is 30.6 Å². The molecule has 0 amide bonds. The van der Waals surface area contributed by atoms with Crippen molar-refractivity contribution in [2.75, 3.05) is 13.1 Å². The Morgan fingerprint density at radius 3 is 2.58 bits per heavy atom. The van der Waals surface area contributed by atoms with Crippen LogP contribution >= 0.6 is 0 Å². The summed E-state index contributed by atoms with van der Waals surface area (Å²) in [5.74, 6) is 0.427. The molecule has 2 atom stereocenters. The summed E-state index contributed by atoms with van der Waals surface area (Å²) in [6, 6.07) is 7.99. The van der Waals surface area contributed by atoms with Gasteiger partial charge in [0.15, 0.2) is 0 Å². The number of halogens is 1. The van der Waals surface area contributed by atoms with Crippen LogP contribution in [0.4, 0.5) is 4.39 Å². The van der Waals surface area contributed by atoms with E-state index in [1.165, 1.54) is 49.8 Å². The molecule has 1 N–H and O–H groups in total. The summed E-state index contributed by atoms with van der Waals surface area (Å²) < 4.78 is 13.4. The fourth-order valence-corrected chi connectivity index (χ4v) is 4.62. The molecule has 1 aliphatic carbocycles. The molecule has 2 unspecified atom stereocenters. The van der Waals surface area contributed by atoms with Gasteiger partial charge in [0.25, 0.3) is 0 Å². The first-order valence-electron chi connectivity index (χ1n) is 9.63. The van der Waals surface area contributed by atoms with E-state index in [-0.39, 0.29) is 5.82 Å². The van der Waals surface area contributed by atoms with Gasteiger partial charge in [-0.1, -0.05) is 31.4 Å². The van der Waals surface area contributed by atoms with Gasteiger partial charge < -0.3 is 5.32 Å². The molecular formula is C20H28FN3. The minimum Gasteiger partial charge on any atom is -0.316 e. The van der Waals surface area contributed by atoms with E-state index in [1.807, 2.05) is 12.1 Å². The van der Waals surface area contributed by atoms with Crippen molar-refractivity contribution in [3.8, 4) is 0 Å². The number of fused-ring (bicyclic) bond motifs is 1. The van der Waals surface area contributed by atoms with E-state index in [1.54, 1.807) is 12.1 Å². The molecule has 2 heterocycles. The van der Waals surface area contributed by atoms with Crippen LogP contribution < -0.4 is 5.32 Å². The maximum absolute atomic E-state index is 13.4. The van der Waals surface area contributed by atoms with Crippen LogP contribution in [-0.2, 0) is 0 Å². The molecule has 0 bridgehead atoms. The van der Waals surface area contributed by atoms with Crippen LogP contribution in [0.2, 0.25) is 0 Å². The van der Waals surface area contributed by atoms with Gasteiger partial charge in [-0.25, -0.2) is 4.39 Å². The minimum atomic E-state index is -0.151. The van der Waals surface area contributed by atoms with Crippen molar-refractivity contribution in [1.29, 1.82) is 0 Å². The highest BCUT2D eigenvalue weighted by molar-refractivity contribution is 5.87. The Balaban J connectivity index is 1.66. The van der Waals surface area contributed by atoms with Crippen molar-refractivity contribution in [3.63, 3.8) is 0 Å². The van der Waals surface area contributed by atoms with Crippen LogP contribution in [0.3, 0.4) is 0 Å². The lowest BCUT2D eigenvalue weighted by molar-refractivity contribution is 0.0838. The second-order valence-corrected chi connectivity index (χ2v) is 7.55. The monoisotopic (exact) mass is 329 g/mol. The predicted molar refractivity (Wildman–Crippen MR) is 95.5 cm³/mol. The van der Waals surface area contributed by atoms with Crippen LogP contribution in [0.15, 0.2) is 29.4 Å². The maximum Gasteiger partial charge on any atom is 0.123 e. The van der Waals surface area contributed by atoms with E-state index in [0.29, 0.717) is 18.0 Å². The van der Waals surface area contributed by atoms with Crippen LogP contribution in [-0.4, -0.2) is 29.9 Å². The highest BCUT2D eigenvalue weighted by Gasteiger charge is 2.36. The first-order valence-corrected chi connectivity index (χ1v) is 9.63. The summed E-state index contributed by atoms with van der Waals surface area (Å²) in [4.78, 5) is 0. The van der Waals surface area contributed by atoms with Crippen LogP contribution in [0.25, 0.3) is 0 Å². The van der Waals surface area contributed by atoms with Crippen LogP contribution in [0, 0.1) is 11.7 Å². The molecule has 1 saturated heterocycles. The number of rotatable bonds is 2. The zero-order valence-electron chi connectivity index (χ0n) is 14.4. The second-order valence-electron chi connectivity index (χ2n) is 7.55. The number of hydrogen-bond acceptors (Lipinski definition) is 3. The lowest BCUT2D eigenvalue weighted by Gasteiger charge is -2.43. The van der Waals surface area contributed by atoms with E-state index in [0.717, 1.165) is 25.9 Å². The van der Waals surface area contributed by atoms with E-state index in [4.69, 9.17) is 5.10 Å². The Labute approximate surface area is 144 Å². The van der Waals surface area contributed by atoms with Crippen LogP contribution in [0.5, 0.6) is 0 Å². The highest BCUT2D eigenvalue weighted by atomic mass is 19.1. The molecule has 4 rings (SSSR count). The average molecular weight is 329 g/mol. The fourth-order valence-electron chi connectivity index (χ4n) is 4.62. The van der Waals surface area contributed by atoms with Crippen molar-refractivity contribution < 1.29 is 4.39 Å². The topological polar surface area (TPSA) is 27.6 Å². The molecule has 0 aromatic heterocycles. The lowest BCUT2D eigenvalue weighted by atomic mass is 9.84. The lowest BCUT2D eigenvalue weighted by Crippen LogP contribution is -2.42. The summed E-state index contributed by atoms with van der Waals surface area (Å²) in [7, 11) is 0. The van der Waals surface area contributed by atoms with Gasteiger partial charge in [-0.3, -0.25) is 5.01 Å². The number of nitrogens with one attached hydrogen (secondary N) is 1. The first-order chi connectivity index (χ1) is 11.8. The number of benzene rings is 1. The van der Waals surface area contributed by atoms with Crippen molar-refractivity contribution in [2.45, 2.75) is 63.5 Å². The highest BCUT2D eigenvalue weighted by Crippen LogP contribution is 2.39. The maximum atomic E-state index is 13.4. The molecule has 3 aliphatic rings. The van der Waals surface area contributed by atoms with Crippen molar-refractivity contribution >= 4 is 5.71 Å². The fraction of sp³-hybridized carbons (Fsp3) is 0.650. The summed E-state index contributed by atoms with van der Waals surface area (Å²) in [5.41, 5.74) is 2.62. The standard InChI is InChI=1S/C20H28FN3/c21-17-8-6-15(7-9-17)20-14-16-10-12-22-13-11-19(16)23-24(20)18-4-2-1-3-5-18/h6-9,16,18,20,22H,1-5,10-14H2. The van der Waals surface area contributed by atoms with E-state index < -0.39 is 0 Å². The third kappa shape index (κ3) is 3.34. The molecule has 2 fully saturated rings. The third-order valence-corrected chi connectivity index (χ3v) is 5.97. The van der Waals surface area contributed by atoms with E-state index >= 15 is 0 Å². The summed E-state index contributed by atoms with van der Waals surface area (Å²) in [6.07, 6.45) is 9.85. The molecule has 2 aliphatic heterocycles. The van der Waals surface area contributed by atoms with Gasteiger partial charge in [-0.2, -0.15) is 5.10 Å². The van der Waals surface area contributed by atoms with Gasteiger partial charge >= 0.3 is 0 Å². The smallest absolute Gasteiger partial charge is 0.123 e. The summed E-state index contributed by atoms with van der Waals surface area (Å²) in [5, 5.41) is 11.1. The quantitative estimate of drug-likeness (QED) is 0.878. The van der Waals surface area contributed by atoms with Crippen molar-refractivity contribution in [3.05, 3.63) is 35.6 Å². The Morgan fingerprint density at radius 1 is 1.00 bits per heavy atom. The summed E-state index contributed by atoms with van der Waals surface area (Å²) in [6.45, 7) is 2.14. The van der Waals surface area contributed by atoms with Gasteiger partial charge in [0.05, 0.1) is 6.04 Å². The molecule has 24 heavy (non-hydrogen) atoms. The molecule has 4 heteroatoms. The van der Waals surface area contributed by atoms with Gasteiger partial charge in [0.2, 0.25) is 0 Å². The first kappa shape index (κ1) is 16.1. The molecule has 1 saturated carbocycles. The number of hydrazone groups is 1. The Bertz CT molecular complexity index is 577. The average Bonchev–Trinajstić information content (AvgIpc) is 2.87. The van der Waals surface area contributed by atoms with Crippen molar-refractivity contribution in [2.24, 2.45) is 11.0 Å². The van der Waals surface area contributed by atoms with Gasteiger partial charge in [-0.15, -0.1) is 0 Å². The zero-order chi connectivity index (χ0) is 16.4. The second kappa shape index (κ2) is 7.22. The van der Waals surface area contributed by atoms with Crippen LogP contribution in [0.1, 0.15) is 63.0 Å². The Hall–Kier alpha value is -1.42. The normalized spacial score (nSPS) is 28.9. The predicted octanol–water partition coefficient (Wildman–Crippen LogP) is 4.26. The number of hydrogen-bond donors (Lipinski definition) is 1. The molecular weight excluding hydrogens is 301 g/mol. The van der Waals surface area contributed by atoms with Gasteiger partial charge in [0.1, 0.15) is 5.82 Å². The van der Waals surface area contributed by atoms with E-state index in [2.05, 4.69) is 10.3 Å². The van der Waals surface area contributed by atoms with E-state index in [9.17, 15) is 4.39 Å². The molecule has 0 radical (unpaired) electrons. The largest absolute Gasteiger partial charge is 0.316 e. The summed E-state index contributed by atoms with van der Waals surface area (Å²) >= 11 is 0. The molecule has 130 valence electrons.